The van der Waals surface area contributed by atoms with E-state index in [0.29, 0.717) is 17.9 Å². The molecule has 0 aliphatic rings. The zero-order valence-corrected chi connectivity index (χ0v) is 13.8. The van der Waals surface area contributed by atoms with Crippen LogP contribution in [0.25, 0.3) is 0 Å². The van der Waals surface area contributed by atoms with Crippen LogP contribution in [0.1, 0.15) is 28.0 Å². The van der Waals surface area contributed by atoms with E-state index in [4.69, 9.17) is 9.84 Å². The molecule has 1 aromatic heterocycles. The summed E-state index contributed by atoms with van der Waals surface area (Å²) in [7, 11) is 1.71. The number of carbonyl (C=O) groups excluding carboxylic acids is 1. The van der Waals surface area contributed by atoms with Crippen molar-refractivity contribution >= 4 is 23.2 Å². The Kier molecular flexibility index (Phi) is 5.70. The molecule has 122 valence electrons. The Morgan fingerprint density at radius 3 is 2.83 bits per heavy atom. The lowest BCUT2D eigenvalue weighted by molar-refractivity contribution is -0.139. The van der Waals surface area contributed by atoms with E-state index in [0.717, 1.165) is 17.1 Å². The van der Waals surface area contributed by atoms with Gasteiger partial charge in [0, 0.05) is 18.0 Å². The molecule has 0 atom stereocenters. The topological polar surface area (TPSA) is 79.7 Å². The van der Waals surface area contributed by atoms with Gasteiger partial charge in [-0.05, 0) is 24.6 Å². The third-order valence-corrected chi connectivity index (χ3v) is 4.13. The van der Waals surface area contributed by atoms with Crippen molar-refractivity contribution in [2.24, 2.45) is 0 Å². The maximum atomic E-state index is 12.4. The fourth-order valence-electron chi connectivity index (χ4n) is 1.98. The van der Waals surface area contributed by atoms with Crippen molar-refractivity contribution in [3.8, 4) is 5.75 Å². The Bertz CT molecular complexity index is 699. The fraction of sp³-hybridized carbons (Fsp3) is 0.312. The highest BCUT2D eigenvalue weighted by atomic mass is 32.1. The number of amides is 1. The summed E-state index contributed by atoms with van der Waals surface area (Å²) in [5.74, 6) is -0.875. The number of hydrogen-bond acceptors (Lipinski definition) is 5. The van der Waals surface area contributed by atoms with Gasteiger partial charge in [0.1, 0.15) is 5.75 Å². The number of hydrogen-bond donors (Lipinski definition) is 1. The van der Waals surface area contributed by atoms with Crippen LogP contribution in [0, 0.1) is 0 Å². The summed E-state index contributed by atoms with van der Waals surface area (Å²) in [4.78, 5) is 29.0. The molecule has 1 N–H and O–H groups in total. The molecule has 0 saturated carbocycles. The number of thiazole rings is 1. The smallest absolute Gasteiger partial charge is 0.341 e. The molecule has 0 aliphatic carbocycles. The van der Waals surface area contributed by atoms with Crippen molar-refractivity contribution in [1.82, 2.24) is 9.88 Å². The normalized spacial score (nSPS) is 10.3. The van der Waals surface area contributed by atoms with Gasteiger partial charge in [-0.15, -0.1) is 11.3 Å². The summed E-state index contributed by atoms with van der Waals surface area (Å²) < 4.78 is 5.09. The van der Waals surface area contributed by atoms with Gasteiger partial charge in [-0.1, -0.05) is 13.0 Å². The average Bonchev–Trinajstić information content (AvgIpc) is 3.00. The number of aliphatic carboxylic acids is 1. The Balaban J connectivity index is 2.03. The average molecular weight is 334 g/mol. The minimum Gasteiger partial charge on any atom is -0.482 e. The number of carboxylic acid groups (broad SMARTS) is 1. The molecule has 1 heterocycles. The number of nitrogens with zero attached hydrogens (tertiary/aromatic N) is 2. The van der Waals surface area contributed by atoms with E-state index in [1.165, 1.54) is 0 Å². The first kappa shape index (κ1) is 17.0. The van der Waals surface area contributed by atoms with Crippen molar-refractivity contribution in [3.63, 3.8) is 0 Å². The van der Waals surface area contributed by atoms with Crippen molar-refractivity contribution in [2.45, 2.75) is 19.9 Å². The Morgan fingerprint density at radius 2 is 2.17 bits per heavy atom. The van der Waals surface area contributed by atoms with Crippen LogP contribution in [0.3, 0.4) is 0 Å². The zero-order chi connectivity index (χ0) is 16.8. The molecule has 1 aromatic carbocycles. The molecule has 1 amide bonds. The predicted molar refractivity (Wildman–Crippen MR) is 86.9 cm³/mol. The number of carboxylic acids is 1. The number of aromatic nitrogens is 1. The number of benzene rings is 1. The summed E-state index contributed by atoms with van der Waals surface area (Å²) in [5, 5.41) is 11.6. The molecule has 0 aliphatic heterocycles. The molecular weight excluding hydrogens is 316 g/mol. The molecule has 0 spiro atoms. The molecule has 0 bridgehead atoms. The highest BCUT2D eigenvalue weighted by Gasteiger charge is 2.14. The highest BCUT2D eigenvalue weighted by Crippen LogP contribution is 2.17. The maximum Gasteiger partial charge on any atom is 0.341 e. The van der Waals surface area contributed by atoms with E-state index in [1.807, 2.05) is 12.3 Å². The van der Waals surface area contributed by atoms with Crippen LogP contribution in [-0.4, -0.2) is 40.5 Å². The van der Waals surface area contributed by atoms with E-state index in [2.05, 4.69) is 4.98 Å². The molecule has 0 saturated heterocycles. The van der Waals surface area contributed by atoms with Crippen LogP contribution in [0.2, 0.25) is 0 Å². The minimum atomic E-state index is -1.06. The van der Waals surface area contributed by atoms with Gasteiger partial charge in [-0.25, -0.2) is 9.78 Å². The Morgan fingerprint density at radius 1 is 1.39 bits per heavy atom. The highest BCUT2D eigenvalue weighted by molar-refractivity contribution is 7.09. The van der Waals surface area contributed by atoms with Crippen molar-refractivity contribution < 1.29 is 19.4 Å². The first-order valence-electron chi connectivity index (χ1n) is 7.13. The second-order valence-corrected chi connectivity index (χ2v) is 5.90. The van der Waals surface area contributed by atoms with Crippen LogP contribution in [0.5, 0.6) is 5.75 Å². The van der Waals surface area contributed by atoms with Crippen LogP contribution in [0.4, 0.5) is 0 Å². The van der Waals surface area contributed by atoms with Crippen LogP contribution in [-0.2, 0) is 17.8 Å². The molecule has 6 nitrogen and oxygen atoms in total. The first-order valence-corrected chi connectivity index (χ1v) is 8.01. The van der Waals surface area contributed by atoms with E-state index < -0.39 is 12.6 Å². The van der Waals surface area contributed by atoms with Crippen LogP contribution in [0.15, 0.2) is 29.6 Å². The van der Waals surface area contributed by atoms with Crippen LogP contribution >= 0.6 is 11.3 Å². The summed E-state index contributed by atoms with van der Waals surface area (Å²) >= 11 is 1.59. The molecule has 7 heteroatoms. The van der Waals surface area contributed by atoms with Crippen LogP contribution < -0.4 is 4.74 Å². The van der Waals surface area contributed by atoms with Crippen molar-refractivity contribution in [2.75, 3.05) is 13.7 Å². The molecular formula is C16H18N2O4S. The van der Waals surface area contributed by atoms with Gasteiger partial charge in [0.2, 0.25) is 0 Å². The molecule has 2 aromatic rings. The zero-order valence-electron chi connectivity index (χ0n) is 13.0. The molecule has 23 heavy (non-hydrogen) atoms. The first-order chi connectivity index (χ1) is 11.0. The van der Waals surface area contributed by atoms with Gasteiger partial charge >= 0.3 is 5.97 Å². The van der Waals surface area contributed by atoms with Crippen molar-refractivity contribution in [3.05, 3.63) is 45.9 Å². The second-order valence-electron chi connectivity index (χ2n) is 4.96. The van der Waals surface area contributed by atoms with Gasteiger partial charge in [-0.2, -0.15) is 0 Å². The summed E-state index contributed by atoms with van der Waals surface area (Å²) in [6, 6.07) is 6.50. The SMILES string of the molecule is CCc1nc(CN(C)C(=O)c2cccc(OCC(=O)O)c2)cs1. The lowest BCUT2D eigenvalue weighted by Gasteiger charge is -2.16. The van der Waals surface area contributed by atoms with Gasteiger partial charge in [0.05, 0.1) is 17.2 Å². The third kappa shape index (κ3) is 4.79. The quantitative estimate of drug-likeness (QED) is 0.841. The second kappa shape index (κ2) is 7.73. The number of ether oxygens (including phenoxy) is 1. The number of carbonyl (C=O) groups is 2. The summed E-state index contributed by atoms with van der Waals surface area (Å²) in [6.07, 6.45) is 0.880. The lowest BCUT2D eigenvalue weighted by Crippen LogP contribution is -2.26. The van der Waals surface area contributed by atoms with E-state index >= 15 is 0 Å². The molecule has 0 unspecified atom stereocenters. The lowest BCUT2D eigenvalue weighted by atomic mass is 10.2. The number of aryl methyl sites for hydroxylation is 1. The fourth-order valence-corrected chi connectivity index (χ4v) is 2.72. The Labute approximate surface area is 138 Å². The maximum absolute atomic E-state index is 12.4. The molecule has 0 radical (unpaired) electrons. The summed E-state index contributed by atoms with van der Waals surface area (Å²) in [5.41, 5.74) is 1.31. The largest absolute Gasteiger partial charge is 0.482 e. The molecule has 0 fully saturated rings. The van der Waals surface area contributed by atoms with Gasteiger partial charge in [-0.3, -0.25) is 4.79 Å². The monoisotopic (exact) mass is 334 g/mol. The van der Waals surface area contributed by atoms with E-state index in [9.17, 15) is 9.59 Å². The van der Waals surface area contributed by atoms with Crippen molar-refractivity contribution in [1.29, 1.82) is 0 Å². The van der Waals surface area contributed by atoms with E-state index in [1.54, 1.807) is 47.5 Å². The summed E-state index contributed by atoms with van der Waals surface area (Å²) in [6.45, 7) is 2.03. The number of rotatable bonds is 7. The predicted octanol–water partition coefficient (Wildman–Crippen LogP) is 2.44. The third-order valence-electron chi connectivity index (χ3n) is 3.09. The van der Waals surface area contributed by atoms with Gasteiger partial charge in [0.25, 0.3) is 5.91 Å². The standard InChI is InChI=1S/C16H18N2O4S/c1-3-14-17-12(10-23-14)8-18(2)16(21)11-5-4-6-13(7-11)22-9-15(19)20/h4-7,10H,3,8-9H2,1-2H3,(H,19,20). The minimum absolute atomic E-state index is 0.170. The van der Waals surface area contributed by atoms with E-state index in [-0.39, 0.29) is 5.91 Å². The van der Waals surface area contributed by atoms with Gasteiger partial charge in [0.15, 0.2) is 6.61 Å². The molecule has 2 rings (SSSR count). The van der Waals surface area contributed by atoms with Gasteiger partial charge < -0.3 is 14.7 Å². The Hall–Kier alpha value is -2.41.